The van der Waals surface area contributed by atoms with Gasteiger partial charge in [-0.25, -0.2) is 9.69 Å². The van der Waals surface area contributed by atoms with Crippen molar-refractivity contribution in [2.24, 2.45) is 17.3 Å². The van der Waals surface area contributed by atoms with Gasteiger partial charge >= 0.3 is 12.0 Å². The van der Waals surface area contributed by atoms with E-state index in [1.165, 1.54) is 16.7 Å². The summed E-state index contributed by atoms with van der Waals surface area (Å²) < 4.78 is 5.18. The third-order valence-electron chi connectivity index (χ3n) is 4.57. The Morgan fingerprint density at radius 2 is 2.20 bits per heavy atom. The molecule has 0 unspecified atom stereocenters. The standard InChI is InChI=1S/C17H19N3O4S/c1-5-6-19-9-13(21)20(16(19)23)10-24-15(22)14-12(17(14,2)3)7-11(8-18)25-4/h1,7,12,14H,6,9-10H2,2-4H3/t12-,14+/m1/s1. The molecule has 0 N–H and O–H groups in total. The Balaban J connectivity index is 1.96. The van der Waals surface area contributed by atoms with Crippen molar-refractivity contribution in [1.29, 1.82) is 5.26 Å². The molecule has 1 aliphatic carbocycles. The molecule has 0 spiro atoms. The summed E-state index contributed by atoms with van der Waals surface area (Å²) in [6.07, 6.45) is 8.72. The van der Waals surface area contributed by atoms with Crippen LogP contribution in [0.3, 0.4) is 0 Å². The minimum Gasteiger partial charge on any atom is -0.443 e. The second-order valence-corrected chi connectivity index (χ2v) is 7.28. The Morgan fingerprint density at radius 3 is 2.76 bits per heavy atom. The number of carbonyl (C=O) groups excluding carboxylic acids is 3. The summed E-state index contributed by atoms with van der Waals surface area (Å²) in [7, 11) is 0. The van der Waals surface area contributed by atoms with E-state index in [1.807, 2.05) is 13.8 Å². The third kappa shape index (κ3) is 3.64. The molecule has 0 aromatic carbocycles. The van der Waals surface area contributed by atoms with Crippen LogP contribution in [0, 0.1) is 40.9 Å². The first-order valence-electron chi connectivity index (χ1n) is 7.63. The van der Waals surface area contributed by atoms with E-state index in [1.54, 1.807) is 12.3 Å². The molecule has 25 heavy (non-hydrogen) atoms. The first-order valence-corrected chi connectivity index (χ1v) is 8.85. The van der Waals surface area contributed by atoms with Crippen LogP contribution in [0.25, 0.3) is 0 Å². The summed E-state index contributed by atoms with van der Waals surface area (Å²) >= 11 is 1.32. The van der Waals surface area contributed by atoms with Crippen LogP contribution in [0.5, 0.6) is 0 Å². The van der Waals surface area contributed by atoms with Gasteiger partial charge in [0.2, 0.25) is 0 Å². The number of terminal acetylenes is 1. The van der Waals surface area contributed by atoms with Crippen LogP contribution in [0.1, 0.15) is 13.8 Å². The molecule has 8 heteroatoms. The highest BCUT2D eigenvalue weighted by Gasteiger charge is 2.61. The molecular formula is C17H19N3O4S. The SMILES string of the molecule is C#CCN1CC(=O)N(COC(=O)[C@@H]2[C@@H](C=C(C#N)SC)C2(C)C)C1=O. The van der Waals surface area contributed by atoms with Crippen molar-refractivity contribution in [3.05, 3.63) is 11.0 Å². The lowest BCUT2D eigenvalue weighted by Gasteiger charge is -2.15. The van der Waals surface area contributed by atoms with Gasteiger partial charge in [0, 0.05) is 0 Å². The molecule has 1 heterocycles. The van der Waals surface area contributed by atoms with Gasteiger partial charge in [0.05, 0.1) is 17.4 Å². The summed E-state index contributed by atoms with van der Waals surface area (Å²) in [5.41, 5.74) is -0.330. The van der Waals surface area contributed by atoms with Crippen molar-refractivity contribution in [1.82, 2.24) is 9.80 Å². The number of carbonyl (C=O) groups is 3. The van der Waals surface area contributed by atoms with E-state index in [9.17, 15) is 14.4 Å². The Labute approximate surface area is 151 Å². The topological polar surface area (TPSA) is 90.7 Å². The second kappa shape index (κ2) is 7.20. The van der Waals surface area contributed by atoms with Crippen LogP contribution in [-0.2, 0) is 14.3 Å². The van der Waals surface area contributed by atoms with Crippen molar-refractivity contribution in [3.8, 4) is 18.4 Å². The monoisotopic (exact) mass is 361 g/mol. The van der Waals surface area contributed by atoms with Gasteiger partial charge in [-0.05, 0) is 17.6 Å². The predicted molar refractivity (Wildman–Crippen MR) is 91.6 cm³/mol. The number of nitriles is 1. The number of amides is 3. The van der Waals surface area contributed by atoms with Gasteiger partial charge in [-0.2, -0.15) is 5.26 Å². The molecule has 0 aromatic heterocycles. The minimum absolute atomic E-state index is 0.0309. The van der Waals surface area contributed by atoms with Gasteiger partial charge in [-0.15, -0.1) is 18.2 Å². The average Bonchev–Trinajstić information content (AvgIpc) is 3.00. The quantitative estimate of drug-likeness (QED) is 0.308. The van der Waals surface area contributed by atoms with Crippen molar-refractivity contribution in [3.63, 3.8) is 0 Å². The van der Waals surface area contributed by atoms with Gasteiger partial charge < -0.3 is 9.64 Å². The number of urea groups is 1. The minimum atomic E-state index is -0.559. The van der Waals surface area contributed by atoms with E-state index in [0.29, 0.717) is 4.91 Å². The van der Waals surface area contributed by atoms with Crippen LogP contribution in [0.2, 0.25) is 0 Å². The van der Waals surface area contributed by atoms with E-state index < -0.39 is 30.6 Å². The Hall–Kier alpha value is -2.45. The summed E-state index contributed by atoms with van der Waals surface area (Å²) in [5, 5.41) is 9.02. The molecule has 2 aliphatic rings. The number of hydrogen-bond acceptors (Lipinski definition) is 6. The van der Waals surface area contributed by atoms with Crippen LogP contribution >= 0.6 is 11.8 Å². The molecule has 2 fully saturated rings. The zero-order valence-electron chi connectivity index (χ0n) is 14.3. The predicted octanol–water partition coefficient (Wildman–Crippen LogP) is 1.43. The maximum absolute atomic E-state index is 12.3. The second-order valence-electron chi connectivity index (χ2n) is 6.43. The number of allylic oxidation sites excluding steroid dienone is 2. The third-order valence-corrected chi connectivity index (χ3v) is 5.24. The number of imide groups is 1. The van der Waals surface area contributed by atoms with E-state index in [-0.39, 0.29) is 24.4 Å². The summed E-state index contributed by atoms with van der Waals surface area (Å²) in [5.74, 6) is 0.856. The number of hydrogen-bond donors (Lipinski definition) is 0. The fraction of sp³-hybridized carbons (Fsp3) is 0.529. The fourth-order valence-corrected chi connectivity index (χ4v) is 3.30. The first-order chi connectivity index (χ1) is 11.8. The molecule has 2 rings (SSSR count). The number of ether oxygens (including phenoxy) is 1. The maximum Gasteiger partial charge on any atom is 0.330 e. The number of esters is 1. The first kappa shape index (κ1) is 18.9. The molecule has 0 bridgehead atoms. The van der Waals surface area contributed by atoms with Crippen LogP contribution < -0.4 is 0 Å². The highest BCUT2D eigenvalue weighted by Crippen LogP contribution is 2.60. The average molecular weight is 361 g/mol. The summed E-state index contributed by atoms with van der Waals surface area (Å²) in [6, 6.07) is 1.52. The maximum atomic E-state index is 12.3. The smallest absolute Gasteiger partial charge is 0.330 e. The lowest BCUT2D eigenvalue weighted by Crippen LogP contribution is -2.36. The molecule has 0 aromatic rings. The number of rotatable bonds is 6. The molecule has 7 nitrogen and oxygen atoms in total. The Morgan fingerprint density at radius 1 is 1.52 bits per heavy atom. The van der Waals surface area contributed by atoms with Gasteiger partial charge in [0.15, 0.2) is 6.73 Å². The molecule has 1 saturated heterocycles. The lowest BCUT2D eigenvalue weighted by atomic mass is 10.1. The van der Waals surface area contributed by atoms with Crippen molar-refractivity contribution in [2.75, 3.05) is 26.1 Å². The fourth-order valence-electron chi connectivity index (χ4n) is 2.93. The van der Waals surface area contributed by atoms with E-state index in [0.717, 1.165) is 4.90 Å². The number of nitrogens with zero attached hydrogens (tertiary/aromatic N) is 3. The van der Waals surface area contributed by atoms with Crippen molar-refractivity contribution < 1.29 is 19.1 Å². The molecule has 1 saturated carbocycles. The highest BCUT2D eigenvalue weighted by atomic mass is 32.2. The Kier molecular flexibility index (Phi) is 5.44. The van der Waals surface area contributed by atoms with Crippen LogP contribution in [0.15, 0.2) is 11.0 Å². The van der Waals surface area contributed by atoms with Gasteiger partial charge in [-0.1, -0.05) is 25.8 Å². The van der Waals surface area contributed by atoms with Gasteiger partial charge in [0.1, 0.15) is 12.6 Å². The largest absolute Gasteiger partial charge is 0.443 e. The molecule has 3 amide bonds. The molecule has 0 radical (unpaired) electrons. The van der Waals surface area contributed by atoms with Crippen molar-refractivity contribution in [2.45, 2.75) is 13.8 Å². The zero-order chi connectivity index (χ0) is 18.8. The molecule has 1 aliphatic heterocycles. The normalized spacial score (nSPS) is 24.8. The van der Waals surface area contributed by atoms with E-state index in [2.05, 4.69) is 12.0 Å². The molecular weight excluding hydrogens is 342 g/mol. The van der Waals surface area contributed by atoms with Gasteiger partial charge in [0.25, 0.3) is 5.91 Å². The lowest BCUT2D eigenvalue weighted by molar-refractivity contribution is -0.151. The Bertz CT molecular complexity index is 716. The summed E-state index contributed by atoms with van der Waals surface area (Å²) in [4.78, 5) is 38.8. The van der Waals surface area contributed by atoms with Crippen LogP contribution in [-0.4, -0.2) is 53.8 Å². The highest BCUT2D eigenvalue weighted by molar-refractivity contribution is 8.02. The van der Waals surface area contributed by atoms with Crippen LogP contribution in [0.4, 0.5) is 4.79 Å². The van der Waals surface area contributed by atoms with E-state index in [4.69, 9.17) is 16.4 Å². The zero-order valence-corrected chi connectivity index (χ0v) is 15.1. The van der Waals surface area contributed by atoms with E-state index >= 15 is 0 Å². The van der Waals surface area contributed by atoms with Crippen molar-refractivity contribution >= 4 is 29.7 Å². The summed E-state index contributed by atoms with van der Waals surface area (Å²) in [6.45, 7) is 3.32. The molecule has 2 atom stereocenters. The molecule has 132 valence electrons. The van der Waals surface area contributed by atoms with Gasteiger partial charge in [-0.3, -0.25) is 9.59 Å². The number of thioether (sulfide) groups is 1.